The van der Waals surface area contributed by atoms with Crippen molar-refractivity contribution in [2.75, 3.05) is 6.61 Å². The minimum atomic E-state index is -0.332. The van der Waals surface area contributed by atoms with E-state index in [2.05, 4.69) is 30.0 Å². The topological polar surface area (TPSA) is 76.4 Å². The molecule has 0 heterocycles. The van der Waals surface area contributed by atoms with Gasteiger partial charge in [0.15, 0.2) is 5.11 Å². The molecular weight excluding hydrogens is 274 g/mol. The van der Waals surface area contributed by atoms with Gasteiger partial charge in [0.2, 0.25) is 0 Å². The number of nitrogens with two attached hydrogens (primary N) is 1. The highest BCUT2D eigenvalue weighted by atomic mass is 32.1. The molecule has 0 atom stereocenters. The van der Waals surface area contributed by atoms with Gasteiger partial charge in [-0.3, -0.25) is 15.6 Å². The van der Waals surface area contributed by atoms with Crippen molar-refractivity contribution < 1.29 is 9.53 Å². The number of amides is 1. The van der Waals surface area contributed by atoms with Crippen molar-refractivity contribution >= 4 is 29.3 Å². The summed E-state index contributed by atoms with van der Waals surface area (Å²) in [5.41, 5.74) is 10.8. The second-order valence-electron chi connectivity index (χ2n) is 4.08. The molecule has 4 N–H and O–H groups in total. The molecule has 20 heavy (non-hydrogen) atoms. The van der Waals surface area contributed by atoms with Gasteiger partial charge in [-0.25, -0.2) is 0 Å². The van der Waals surface area contributed by atoms with Crippen molar-refractivity contribution in [1.29, 1.82) is 0 Å². The Morgan fingerprint density at radius 3 is 2.65 bits per heavy atom. The van der Waals surface area contributed by atoms with Gasteiger partial charge >= 0.3 is 0 Å². The molecule has 1 amide bonds. The number of unbranched alkanes of at least 4 members (excludes halogenated alkanes) is 1. The van der Waals surface area contributed by atoms with Crippen molar-refractivity contribution in [3.05, 3.63) is 35.9 Å². The normalized spacial score (nSPS) is 10.2. The first-order valence-corrected chi connectivity index (χ1v) is 6.79. The molecule has 0 saturated carbocycles. The van der Waals surface area contributed by atoms with Gasteiger partial charge in [0.25, 0.3) is 5.91 Å². The number of benzene rings is 1. The highest BCUT2D eigenvalue weighted by molar-refractivity contribution is 7.80. The maximum absolute atomic E-state index is 11.4. The summed E-state index contributed by atoms with van der Waals surface area (Å²) < 4.78 is 5.55. The Balaban J connectivity index is 2.44. The third-order valence-corrected chi connectivity index (χ3v) is 2.48. The third kappa shape index (κ3) is 6.75. The van der Waals surface area contributed by atoms with Crippen molar-refractivity contribution in [1.82, 2.24) is 10.9 Å². The number of nitrogens with one attached hydrogen (secondary N) is 2. The van der Waals surface area contributed by atoms with Gasteiger partial charge in [0, 0.05) is 6.08 Å². The van der Waals surface area contributed by atoms with Crippen LogP contribution in [0, 0.1) is 0 Å². The Morgan fingerprint density at radius 2 is 2.05 bits per heavy atom. The zero-order chi connectivity index (χ0) is 14.8. The van der Waals surface area contributed by atoms with Gasteiger partial charge in [0.05, 0.1) is 6.61 Å². The van der Waals surface area contributed by atoms with Crippen LogP contribution in [0.25, 0.3) is 6.08 Å². The molecule has 0 aliphatic carbocycles. The van der Waals surface area contributed by atoms with Crippen LogP contribution in [0.1, 0.15) is 25.3 Å². The van der Waals surface area contributed by atoms with Crippen LogP contribution >= 0.6 is 12.2 Å². The van der Waals surface area contributed by atoms with E-state index in [0.717, 1.165) is 30.8 Å². The van der Waals surface area contributed by atoms with Gasteiger partial charge in [-0.05, 0) is 42.4 Å². The van der Waals surface area contributed by atoms with Crippen LogP contribution in [0.2, 0.25) is 0 Å². The average molecular weight is 293 g/mol. The van der Waals surface area contributed by atoms with E-state index in [-0.39, 0.29) is 11.0 Å². The Bertz CT molecular complexity index is 472. The molecule has 1 rings (SSSR count). The number of ether oxygens (including phenoxy) is 1. The Kier molecular flexibility index (Phi) is 7.13. The quantitative estimate of drug-likeness (QED) is 0.322. The number of carbonyl (C=O) groups excluding carboxylic acids is 1. The van der Waals surface area contributed by atoms with Crippen LogP contribution in [0.5, 0.6) is 5.75 Å². The van der Waals surface area contributed by atoms with E-state index < -0.39 is 0 Å². The highest BCUT2D eigenvalue weighted by Crippen LogP contribution is 2.13. The first-order chi connectivity index (χ1) is 9.61. The molecule has 0 unspecified atom stereocenters. The first kappa shape index (κ1) is 16.0. The monoisotopic (exact) mass is 293 g/mol. The van der Waals surface area contributed by atoms with Crippen LogP contribution in [-0.2, 0) is 4.79 Å². The lowest BCUT2D eigenvalue weighted by atomic mass is 10.2. The molecule has 0 aliphatic heterocycles. The molecular formula is C14H19N3O2S. The molecule has 108 valence electrons. The number of hydrogen-bond acceptors (Lipinski definition) is 3. The van der Waals surface area contributed by atoms with E-state index in [1.54, 1.807) is 6.08 Å². The van der Waals surface area contributed by atoms with E-state index in [4.69, 9.17) is 10.5 Å². The van der Waals surface area contributed by atoms with Crippen LogP contribution in [0.3, 0.4) is 0 Å². The summed E-state index contributed by atoms with van der Waals surface area (Å²) >= 11 is 4.56. The summed E-state index contributed by atoms with van der Waals surface area (Å²) in [6.07, 6.45) is 5.22. The molecule has 6 heteroatoms. The SMILES string of the molecule is CCCCOc1ccc(/C=C/C(=O)NNC(N)=S)cc1. The van der Waals surface area contributed by atoms with Crippen LogP contribution in [0.15, 0.2) is 30.3 Å². The first-order valence-electron chi connectivity index (χ1n) is 6.38. The summed E-state index contributed by atoms with van der Waals surface area (Å²) in [6.45, 7) is 2.84. The molecule has 0 spiro atoms. The summed E-state index contributed by atoms with van der Waals surface area (Å²) in [6, 6.07) is 7.51. The van der Waals surface area contributed by atoms with E-state index in [1.165, 1.54) is 6.08 Å². The molecule has 0 bridgehead atoms. The summed E-state index contributed by atoms with van der Waals surface area (Å²) in [5, 5.41) is 0.0142. The Hall–Kier alpha value is -2.08. The van der Waals surface area contributed by atoms with Crippen LogP contribution in [-0.4, -0.2) is 17.6 Å². The fraction of sp³-hybridized carbons (Fsp3) is 0.286. The van der Waals surface area contributed by atoms with Crippen molar-refractivity contribution in [2.45, 2.75) is 19.8 Å². The molecule has 1 aromatic rings. The predicted molar refractivity (Wildman–Crippen MR) is 83.9 cm³/mol. The summed E-state index contributed by atoms with van der Waals surface area (Å²) in [4.78, 5) is 11.4. The van der Waals surface area contributed by atoms with E-state index in [0.29, 0.717) is 0 Å². The average Bonchev–Trinajstić information content (AvgIpc) is 2.44. The zero-order valence-corrected chi connectivity index (χ0v) is 12.2. The second kappa shape index (κ2) is 8.92. The zero-order valence-electron chi connectivity index (χ0n) is 11.4. The standard InChI is InChI=1S/C14H19N3O2S/c1-2-3-10-19-12-7-4-11(5-8-12)6-9-13(18)16-17-14(15)20/h4-9H,2-3,10H2,1H3,(H,16,18)(H3,15,17,20)/b9-6+. The highest BCUT2D eigenvalue weighted by Gasteiger charge is 1.96. The number of carbonyl (C=O) groups is 1. The number of hydrazine groups is 1. The van der Waals surface area contributed by atoms with E-state index in [9.17, 15) is 4.79 Å². The van der Waals surface area contributed by atoms with Gasteiger partial charge < -0.3 is 10.5 Å². The molecule has 5 nitrogen and oxygen atoms in total. The maximum atomic E-state index is 11.4. The van der Waals surface area contributed by atoms with Crippen LogP contribution < -0.4 is 21.3 Å². The van der Waals surface area contributed by atoms with Crippen molar-refractivity contribution in [3.8, 4) is 5.75 Å². The third-order valence-electron chi connectivity index (χ3n) is 2.38. The minimum absolute atomic E-state index is 0.0142. The van der Waals surface area contributed by atoms with Crippen LogP contribution in [0.4, 0.5) is 0 Å². The summed E-state index contributed by atoms with van der Waals surface area (Å²) in [7, 11) is 0. The fourth-order valence-electron chi connectivity index (χ4n) is 1.35. The second-order valence-corrected chi connectivity index (χ2v) is 4.52. The smallest absolute Gasteiger partial charge is 0.262 e. The maximum Gasteiger partial charge on any atom is 0.262 e. The van der Waals surface area contributed by atoms with E-state index >= 15 is 0 Å². The van der Waals surface area contributed by atoms with Crippen molar-refractivity contribution in [2.24, 2.45) is 5.73 Å². The largest absolute Gasteiger partial charge is 0.494 e. The molecule has 0 aromatic heterocycles. The van der Waals surface area contributed by atoms with Gasteiger partial charge in [-0.2, -0.15) is 0 Å². The lowest BCUT2D eigenvalue weighted by Crippen LogP contribution is -2.43. The molecule has 1 aromatic carbocycles. The van der Waals surface area contributed by atoms with Gasteiger partial charge in [-0.15, -0.1) is 0 Å². The van der Waals surface area contributed by atoms with Gasteiger partial charge in [-0.1, -0.05) is 25.5 Å². The minimum Gasteiger partial charge on any atom is -0.494 e. The number of rotatable bonds is 6. The van der Waals surface area contributed by atoms with E-state index in [1.807, 2.05) is 24.3 Å². The lowest BCUT2D eigenvalue weighted by molar-refractivity contribution is -0.116. The fourth-order valence-corrected chi connectivity index (χ4v) is 1.40. The summed E-state index contributed by atoms with van der Waals surface area (Å²) in [5.74, 6) is 0.497. The lowest BCUT2D eigenvalue weighted by Gasteiger charge is -2.05. The molecule has 0 fully saturated rings. The van der Waals surface area contributed by atoms with Crippen molar-refractivity contribution in [3.63, 3.8) is 0 Å². The molecule has 0 saturated heterocycles. The molecule has 0 aliphatic rings. The van der Waals surface area contributed by atoms with Gasteiger partial charge in [0.1, 0.15) is 5.75 Å². The molecule has 0 radical (unpaired) electrons. The Labute approximate surface area is 124 Å². The number of hydrogen-bond donors (Lipinski definition) is 3. The Morgan fingerprint density at radius 1 is 1.35 bits per heavy atom. The number of thiocarbonyl (C=S) groups is 1. The predicted octanol–water partition coefficient (Wildman–Crippen LogP) is 1.74.